The molecule has 0 aliphatic carbocycles. The van der Waals surface area contributed by atoms with E-state index in [-0.39, 0.29) is 18.4 Å². The number of ether oxygens (including phenoxy) is 2. The fourth-order valence-corrected chi connectivity index (χ4v) is 4.16. The third-order valence-electron chi connectivity index (χ3n) is 4.86. The number of carbonyl (C=O) groups excluding carboxylic acids is 2. The Morgan fingerprint density at radius 3 is 2.73 bits per heavy atom. The molecule has 2 aromatic heterocycles. The van der Waals surface area contributed by atoms with E-state index in [4.69, 9.17) is 14.0 Å². The highest BCUT2D eigenvalue weighted by atomic mass is 32.2. The molecule has 1 N–H and O–H groups in total. The van der Waals surface area contributed by atoms with Crippen molar-refractivity contribution in [2.24, 2.45) is 0 Å². The van der Waals surface area contributed by atoms with E-state index in [1.54, 1.807) is 36.5 Å². The zero-order valence-corrected chi connectivity index (χ0v) is 19.2. The van der Waals surface area contributed by atoms with Gasteiger partial charge in [-0.15, -0.1) is 0 Å². The Balaban J connectivity index is 1.41. The normalized spacial score (nSPS) is 12.3. The molecule has 33 heavy (non-hydrogen) atoms. The van der Waals surface area contributed by atoms with Gasteiger partial charge in [0.2, 0.25) is 5.91 Å². The van der Waals surface area contributed by atoms with Crippen LogP contribution in [0.1, 0.15) is 28.7 Å². The number of aryl methyl sites for hydroxylation is 1. The largest absolute Gasteiger partial charge is 0.486 e. The van der Waals surface area contributed by atoms with E-state index >= 15 is 0 Å². The van der Waals surface area contributed by atoms with Crippen molar-refractivity contribution in [2.45, 2.75) is 24.6 Å². The molecule has 0 radical (unpaired) electrons. The number of thioether (sulfide) groups is 1. The number of hydrogen-bond acceptors (Lipinski definition) is 8. The third-order valence-corrected chi connectivity index (χ3v) is 5.90. The summed E-state index contributed by atoms with van der Waals surface area (Å²) >= 11 is 1.40. The number of nitrogens with zero attached hydrogens (tertiary/aromatic N) is 3. The predicted molar refractivity (Wildman–Crippen MR) is 123 cm³/mol. The molecule has 0 saturated heterocycles. The van der Waals surface area contributed by atoms with E-state index in [1.165, 1.54) is 16.7 Å². The number of benzene rings is 1. The monoisotopic (exact) mass is 468 g/mol. The Kier molecular flexibility index (Phi) is 7.13. The van der Waals surface area contributed by atoms with E-state index in [0.29, 0.717) is 53.3 Å². The molecule has 0 saturated carbocycles. The molecule has 3 aromatic rings. The number of rotatable bonds is 8. The van der Waals surface area contributed by atoms with Crippen molar-refractivity contribution in [3.05, 3.63) is 59.6 Å². The molecule has 3 heterocycles. The lowest BCUT2D eigenvalue weighted by Gasteiger charge is -2.22. The van der Waals surface area contributed by atoms with Gasteiger partial charge in [-0.2, -0.15) is 0 Å². The van der Waals surface area contributed by atoms with Crippen molar-refractivity contribution < 1.29 is 23.6 Å². The zero-order chi connectivity index (χ0) is 23.2. The highest BCUT2D eigenvalue weighted by molar-refractivity contribution is 7.98. The highest BCUT2D eigenvalue weighted by Crippen LogP contribution is 2.32. The Labute approximate surface area is 195 Å². The molecular formula is C23H24N4O5S. The first-order valence-electron chi connectivity index (χ1n) is 10.5. The second kappa shape index (κ2) is 10.4. The number of pyridine rings is 1. The molecule has 1 aromatic carbocycles. The van der Waals surface area contributed by atoms with Crippen LogP contribution in [0.4, 0.5) is 5.69 Å². The van der Waals surface area contributed by atoms with Gasteiger partial charge in [-0.1, -0.05) is 16.9 Å². The second-order valence-electron chi connectivity index (χ2n) is 7.30. The van der Waals surface area contributed by atoms with Crippen LogP contribution in [0.3, 0.4) is 0 Å². The maximum absolute atomic E-state index is 13.2. The van der Waals surface area contributed by atoms with Crippen molar-refractivity contribution >= 4 is 29.3 Å². The molecular weight excluding hydrogens is 444 g/mol. The SMILES string of the molecule is CCN(CC(=O)Nc1ccc2c(c1)OCCO2)C(=O)c1cccnc1SCc1cc(C)on1. The fraction of sp³-hybridized carbons (Fsp3) is 0.304. The number of aromatic nitrogens is 2. The molecule has 0 unspecified atom stereocenters. The van der Waals surface area contributed by atoms with E-state index < -0.39 is 0 Å². The second-order valence-corrected chi connectivity index (χ2v) is 8.26. The van der Waals surface area contributed by atoms with Crippen LogP contribution in [0.15, 0.2) is 52.1 Å². The summed E-state index contributed by atoms with van der Waals surface area (Å²) in [5.74, 6) is 1.91. The van der Waals surface area contributed by atoms with Crippen molar-refractivity contribution in [1.82, 2.24) is 15.0 Å². The van der Waals surface area contributed by atoms with Gasteiger partial charge in [0.05, 0.1) is 11.3 Å². The predicted octanol–water partition coefficient (Wildman–Crippen LogP) is 3.54. The van der Waals surface area contributed by atoms with Crippen LogP contribution in [-0.2, 0) is 10.5 Å². The van der Waals surface area contributed by atoms with Crippen molar-refractivity contribution in [2.75, 3.05) is 31.6 Å². The lowest BCUT2D eigenvalue weighted by atomic mass is 10.2. The van der Waals surface area contributed by atoms with Gasteiger partial charge in [0.1, 0.15) is 30.5 Å². The van der Waals surface area contributed by atoms with Gasteiger partial charge < -0.3 is 24.2 Å². The lowest BCUT2D eigenvalue weighted by Crippen LogP contribution is -2.38. The van der Waals surface area contributed by atoms with E-state index in [0.717, 1.165) is 11.5 Å². The molecule has 1 aliphatic heterocycles. The summed E-state index contributed by atoms with van der Waals surface area (Å²) in [6.07, 6.45) is 1.64. The van der Waals surface area contributed by atoms with E-state index in [1.807, 2.05) is 19.9 Å². The van der Waals surface area contributed by atoms with Crippen LogP contribution in [0.5, 0.6) is 11.5 Å². The Morgan fingerprint density at radius 1 is 1.15 bits per heavy atom. The van der Waals surface area contributed by atoms with Gasteiger partial charge in [0.15, 0.2) is 11.5 Å². The topological polar surface area (TPSA) is 107 Å². The number of hydrogen-bond donors (Lipinski definition) is 1. The molecule has 0 spiro atoms. The van der Waals surface area contributed by atoms with Crippen LogP contribution < -0.4 is 14.8 Å². The smallest absolute Gasteiger partial charge is 0.257 e. The zero-order valence-electron chi connectivity index (χ0n) is 18.4. The molecule has 1 aliphatic rings. The van der Waals surface area contributed by atoms with Crippen LogP contribution >= 0.6 is 11.8 Å². The Morgan fingerprint density at radius 2 is 1.97 bits per heavy atom. The molecule has 2 amide bonds. The quantitative estimate of drug-likeness (QED) is 0.500. The first kappa shape index (κ1) is 22.7. The van der Waals surface area contributed by atoms with Gasteiger partial charge >= 0.3 is 0 Å². The van der Waals surface area contributed by atoms with Crippen LogP contribution in [0, 0.1) is 6.92 Å². The number of likely N-dealkylation sites (N-methyl/N-ethyl adjacent to an activating group) is 1. The molecule has 0 bridgehead atoms. The van der Waals surface area contributed by atoms with Gasteiger partial charge in [0, 0.05) is 36.3 Å². The summed E-state index contributed by atoms with van der Waals surface area (Å²) < 4.78 is 16.1. The van der Waals surface area contributed by atoms with Gasteiger partial charge in [-0.05, 0) is 38.1 Å². The maximum Gasteiger partial charge on any atom is 0.257 e. The van der Waals surface area contributed by atoms with Gasteiger partial charge in [-0.25, -0.2) is 4.98 Å². The minimum absolute atomic E-state index is 0.0920. The molecule has 0 atom stereocenters. The summed E-state index contributed by atoms with van der Waals surface area (Å²) in [5, 5.41) is 7.37. The van der Waals surface area contributed by atoms with Crippen LogP contribution in [0.2, 0.25) is 0 Å². The Bertz CT molecular complexity index is 1150. The number of amides is 2. The molecule has 172 valence electrons. The summed E-state index contributed by atoms with van der Waals surface area (Å²) in [5.41, 5.74) is 1.79. The minimum Gasteiger partial charge on any atom is -0.486 e. The number of anilines is 1. The van der Waals surface area contributed by atoms with Crippen molar-refractivity contribution in [1.29, 1.82) is 0 Å². The first-order chi connectivity index (χ1) is 16.0. The highest BCUT2D eigenvalue weighted by Gasteiger charge is 2.22. The van der Waals surface area contributed by atoms with E-state index in [2.05, 4.69) is 15.5 Å². The minimum atomic E-state index is -0.307. The fourth-order valence-electron chi connectivity index (χ4n) is 3.29. The average Bonchev–Trinajstić information content (AvgIpc) is 3.26. The summed E-state index contributed by atoms with van der Waals surface area (Å²) in [6.45, 7) is 4.89. The van der Waals surface area contributed by atoms with Crippen molar-refractivity contribution in [3.63, 3.8) is 0 Å². The number of nitrogens with one attached hydrogen (secondary N) is 1. The third kappa shape index (κ3) is 5.64. The number of fused-ring (bicyclic) bond motifs is 1. The number of carbonyl (C=O) groups is 2. The van der Waals surface area contributed by atoms with Gasteiger partial charge in [-0.3, -0.25) is 9.59 Å². The van der Waals surface area contributed by atoms with Crippen molar-refractivity contribution in [3.8, 4) is 11.5 Å². The molecule has 4 rings (SSSR count). The first-order valence-corrected chi connectivity index (χ1v) is 11.5. The summed E-state index contributed by atoms with van der Waals surface area (Å²) in [7, 11) is 0. The van der Waals surface area contributed by atoms with Gasteiger partial charge in [0.25, 0.3) is 5.91 Å². The molecule has 0 fully saturated rings. The molecule has 9 nitrogen and oxygen atoms in total. The lowest BCUT2D eigenvalue weighted by molar-refractivity contribution is -0.116. The standard InChI is InChI=1S/C23H24N4O5S/c1-3-27(13-21(28)25-16-6-7-19-20(12-16)31-10-9-30-19)23(29)18-5-4-8-24-22(18)33-14-17-11-15(2)32-26-17/h4-8,11-12H,3,9-10,13-14H2,1-2H3,(H,25,28). The Hall–Kier alpha value is -3.53. The average molecular weight is 469 g/mol. The maximum atomic E-state index is 13.2. The van der Waals surface area contributed by atoms with Crippen LogP contribution in [-0.4, -0.2) is 53.2 Å². The summed E-state index contributed by atoms with van der Waals surface area (Å²) in [4.78, 5) is 31.7. The van der Waals surface area contributed by atoms with E-state index in [9.17, 15) is 9.59 Å². The summed E-state index contributed by atoms with van der Waals surface area (Å²) in [6, 6.07) is 10.5. The molecule has 10 heteroatoms. The van der Waals surface area contributed by atoms with Crippen LogP contribution in [0.25, 0.3) is 0 Å².